The molecule has 2 aromatic heterocycles. The molecule has 122 valence electrons. The minimum atomic E-state index is -0.177. The van der Waals surface area contributed by atoms with Crippen molar-refractivity contribution in [2.75, 3.05) is 10.6 Å². The van der Waals surface area contributed by atoms with Gasteiger partial charge in [-0.15, -0.1) is 0 Å². The fraction of sp³-hybridized carbons (Fsp3) is 0. The molecule has 0 spiro atoms. The molecular formula is C19H15N5O. The van der Waals surface area contributed by atoms with Gasteiger partial charge in [-0.1, -0.05) is 12.1 Å². The molecule has 6 heteroatoms. The van der Waals surface area contributed by atoms with Crippen molar-refractivity contribution in [3.05, 3.63) is 78.8 Å². The monoisotopic (exact) mass is 329 g/mol. The van der Waals surface area contributed by atoms with Crippen molar-refractivity contribution >= 4 is 34.1 Å². The van der Waals surface area contributed by atoms with Crippen LogP contribution in [0.2, 0.25) is 0 Å². The van der Waals surface area contributed by atoms with Crippen molar-refractivity contribution in [1.29, 1.82) is 0 Å². The van der Waals surface area contributed by atoms with Crippen LogP contribution in [-0.2, 0) is 0 Å². The first-order chi connectivity index (χ1) is 12.3. The zero-order valence-corrected chi connectivity index (χ0v) is 13.2. The van der Waals surface area contributed by atoms with Gasteiger partial charge in [0.2, 0.25) is 5.95 Å². The number of hydrogen-bond donors (Lipinski definition) is 3. The lowest BCUT2D eigenvalue weighted by Crippen LogP contribution is -2.12. The van der Waals surface area contributed by atoms with E-state index >= 15 is 0 Å². The average molecular weight is 329 g/mol. The summed E-state index contributed by atoms with van der Waals surface area (Å²) in [5.74, 6) is 0.306. The summed E-state index contributed by atoms with van der Waals surface area (Å²) >= 11 is 0. The number of anilines is 3. The number of amides is 1. The maximum absolute atomic E-state index is 12.5. The summed E-state index contributed by atoms with van der Waals surface area (Å²) < 4.78 is 0. The summed E-state index contributed by atoms with van der Waals surface area (Å²) in [5.41, 5.74) is 3.02. The van der Waals surface area contributed by atoms with Crippen LogP contribution in [0.1, 0.15) is 10.4 Å². The highest BCUT2D eigenvalue weighted by atomic mass is 16.1. The number of rotatable bonds is 4. The fourth-order valence-electron chi connectivity index (χ4n) is 2.56. The molecule has 0 saturated carbocycles. The highest BCUT2D eigenvalue weighted by molar-refractivity contribution is 6.05. The van der Waals surface area contributed by atoms with E-state index in [1.165, 1.54) is 0 Å². The predicted octanol–water partition coefficient (Wildman–Crippen LogP) is 3.95. The van der Waals surface area contributed by atoms with E-state index in [-0.39, 0.29) is 5.91 Å². The molecular weight excluding hydrogens is 314 g/mol. The van der Waals surface area contributed by atoms with Gasteiger partial charge in [0.1, 0.15) is 0 Å². The van der Waals surface area contributed by atoms with Crippen molar-refractivity contribution < 1.29 is 4.79 Å². The third-order valence-electron chi connectivity index (χ3n) is 3.76. The molecule has 3 N–H and O–H groups in total. The van der Waals surface area contributed by atoms with E-state index in [9.17, 15) is 4.79 Å². The molecule has 4 rings (SSSR count). The van der Waals surface area contributed by atoms with Crippen molar-refractivity contribution in [2.45, 2.75) is 0 Å². The zero-order chi connectivity index (χ0) is 17.1. The Morgan fingerprint density at radius 2 is 1.80 bits per heavy atom. The van der Waals surface area contributed by atoms with Crippen LogP contribution >= 0.6 is 0 Å². The summed E-state index contributed by atoms with van der Waals surface area (Å²) in [5, 5.41) is 7.09. The van der Waals surface area contributed by atoms with Gasteiger partial charge in [-0.3, -0.25) is 4.79 Å². The minimum absolute atomic E-state index is 0.177. The van der Waals surface area contributed by atoms with E-state index in [1.54, 1.807) is 30.6 Å². The van der Waals surface area contributed by atoms with Crippen molar-refractivity contribution in [3.63, 3.8) is 0 Å². The van der Waals surface area contributed by atoms with Crippen LogP contribution in [-0.4, -0.2) is 20.9 Å². The van der Waals surface area contributed by atoms with E-state index in [0.717, 1.165) is 22.3 Å². The number of nitrogens with one attached hydrogen (secondary N) is 3. The van der Waals surface area contributed by atoms with Crippen LogP contribution in [0.25, 0.3) is 10.9 Å². The van der Waals surface area contributed by atoms with Gasteiger partial charge in [0.05, 0.1) is 0 Å². The van der Waals surface area contributed by atoms with E-state index < -0.39 is 0 Å². The number of carbonyl (C=O) groups is 1. The lowest BCUT2D eigenvalue weighted by molar-refractivity contribution is 0.102. The largest absolute Gasteiger partial charge is 0.361 e. The summed E-state index contributed by atoms with van der Waals surface area (Å²) in [7, 11) is 0. The first kappa shape index (κ1) is 14.9. The first-order valence-electron chi connectivity index (χ1n) is 7.80. The number of H-pyrrole nitrogens is 1. The van der Waals surface area contributed by atoms with Crippen LogP contribution in [0, 0.1) is 0 Å². The molecule has 0 aliphatic heterocycles. The summed E-state index contributed by atoms with van der Waals surface area (Å²) in [6.07, 6.45) is 5.18. The molecule has 0 atom stereocenters. The van der Waals surface area contributed by atoms with Crippen LogP contribution in [0.4, 0.5) is 17.3 Å². The molecule has 0 aliphatic rings. The average Bonchev–Trinajstić information content (AvgIpc) is 3.10. The van der Waals surface area contributed by atoms with Gasteiger partial charge in [0.25, 0.3) is 5.91 Å². The smallest absolute Gasteiger partial charge is 0.255 e. The number of nitrogens with zero attached hydrogens (tertiary/aromatic N) is 2. The maximum Gasteiger partial charge on any atom is 0.255 e. The van der Waals surface area contributed by atoms with E-state index in [0.29, 0.717) is 11.5 Å². The Labute approximate surface area is 144 Å². The van der Waals surface area contributed by atoms with Crippen LogP contribution in [0.15, 0.2) is 73.2 Å². The highest BCUT2D eigenvalue weighted by Crippen LogP contribution is 2.19. The highest BCUT2D eigenvalue weighted by Gasteiger charge is 2.08. The van der Waals surface area contributed by atoms with Gasteiger partial charge >= 0.3 is 0 Å². The third-order valence-corrected chi connectivity index (χ3v) is 3.76. The number of fused-ring (bicyclic) bond motifs is 1. The van der Waals surface area contributed by atoms with Crippen molar-refractivity contribution in [3.8, 4) is 0 Å². The standard InChI is InChI=1S/C19H15N5O/c25-18(23-16-6-5-13-7-10-20-17(13)12-16)14-3-1-4-15(11-14)24-19-21-8-2-9-22-19/h1-12,20H,(H,23,25)(H,21,22,24). The second kappa shape index (κ2) is 6.45. The second-order valence-electron chi connectivity index (χ2n) is 5.51. The summed E-state index contributed by atoms with van der Waals surface area (Å²) in [6, 6.07) is 16.7. The Balaban J connectivity index is 1.52. The van der Waals surface area contributed by atoms with Crippen molar-refractivity contribution in [2.24, 2.45) is 0 Å². The first-order valence-corrected chi connectivity index (χ1v) is 7.80. The van der Waals surface area contributed by atoms with Crippen molar-refractivity contribution in [1.82, 2.24) is 15.0 Å². The Morgan fingerprint density at radius 3 is 2.68 bits per heavy atom. The Morgan fingerprint density at radius 1 is 0.920 bits per heavy atom. The molecule has 4 aromatic rings. The molecule has 0 saturated heterocycles. The van der Waals surface area contributed by atoms with Gasteiger partial charge < -0.3 is 15.6 Å². The van der Waals surface area contributed by atoms with Gasteiger partial charge in [0, 0.05) is 41.0 Å². The zero-order valence-electron chi connectivity index (χ0n) is 13.2. The molecule has 0 aliphatic carbocycles. The third kappa shape index (κ3) is 3.32. The second-order valence-corrected chi connectivity index (χ2v) is 5.51. The molecule has 2 aromatic carbocycles. The number of hydrogen-bond acceptors (Lipinski definition) is 4. The molecule has 0 fully saturated rings. The summed E-state index contributed by atoms with van der Waals surface area (Å²) in [4.78, 5) is 23.9. The number of benzene rings is 2. The lowest BCUT2D eigenvalue weighted by Gasteiger charge is -2.08. The van der Waals surface area contributed by atoms with Crippen LogP contribution in [0.5, 0.6) is 0 Å². The minimum Gasteiger partial charge on any atom is -0.361 e. The topological polar surface area (TPSA) is 82.7 Å². The quantitative estimate of drug-likeness (QED) is 0.529. The fourth-order valence-corrected chi connectivity index (χ4v) is 2.56. The normalized spacial score (nSPS) is 10.6. The van der Waals surface area contributed by atoms with E-state index in [1.807, 2.05) is 42.6 Å². The molecule has 2 heterocycles. The van der Waals surface area contributed by atoms with E-state index in [2.05, 4.69) is 25.6 Å². The Bertz CT molecular complexity index is 1030. The SMILES string of the molecule is O=C(Nc1ccc2cc[nH]c2c1)c1cccc(Nc2ncccn2)c1. The molecule has 0 radical (unpaired) electrons. The van der Waals surface area contributed by atoms with Gasteiger partial charge in [-0.05, 0) is 47.9 Å². The number of aromatic nitrogens is 3. The van der Waals surface area contributed by atoms with E-state index in [4.69, 9.17) is 0 Å². The van der Waals surface area contributed by atoms with Crippen LogP contribution < -0.4 is 10.6 Å². The van der Waals surface area contributed by atoms with Gasteiger partial charge in [-0.2, -0.15) is 0 Å². The van der Waals surface area contributed by atoms with Gasteiger partial charge in [-0.25, -0.2) is 9.97 Å². The molecule has 6 nitrogen and oxygen atoms in total. The molecule has 0 unspecified atom stereocenters. The lowest BCUT2D eigenvalue weighted by atomic mass is 10.1. The van der Waals surface area contributed by atoms with Gasteiger partial charge in [0.15, 0.2) is 0 Å². The number of aromatic amines is 1. The molecule has 1 amide bonds. The Kier molecular flexibility index (Phi) is 3.84. The maximum atomic E-state index is 12.5. The summed E-state index contributed by atoms with van der Waals surface area (Å²) in [6.45, 7) is 0. The number of carbonyl (C=O) groups excluding carboxylic acids is 1. The molecule has 25 heavy (non-hydrogen) atoms. The Hall–Kier alpha value is -3.67. The molecule has 0 bridgehead atoms. The predicted molar refractivity (Wildman–Crippen MR) is 98.0 cm³/mol. The van der Waals surface area contributed by atoms with Crippen LogP contribution in [0.3, 0.4) is 0 Å².